The molecule has 1 aliphatic rings. The lowest BCUT2D eigenvalue weighted by atomic mass is 9.80. The Kier molecular flexibility index (Phi) is 2.61. The van der Waals surface area contributed by atoms with Gasteiger partial charge in [-0.05, 0) is 38.3 Å². The summed E-state index contributed by atoms with van der Waals surface area (Å²) in [6.45, 7) is 2.70. The Balaban J connectivity index is 1.80. The summed E-state index contributed by atoms with van der Waals surface area (Å²) in [5.41, 5.74) is -0.457. The second kappa shape index (κ2) is 3.75. The van der Waals surface area contributed by atoms with Crippen molar-refractivity contribution in [3.8, 4) is 0 Å². The molecule has 3 heteroatoms. The van der Waals surface area contributed by atoms with Gasteiger partial charge in [-0.3, -0.25) is 0 Å². The van der Waals surface area contributed by atoms with E-state index in [9.17, 15) is 5.11 Å². The molecule has 1 aromatic rings. The minimum atomic E-state index is -0.457. The highest BCUT2D eigenvalue weighted by molar-refractivity contribution is 5.03. The van der Waals surface area contributed by atoms with Crippen molar-refractivity contribution in [2.45, 2.75) is 37.8 Å². The molecule has 1 heterocycles. The van der Waals surface area contributed by atoms with Gasteiger partial charge >= 0.3 is 0 Å². The minimum absolute atomic E-state index is 0.176. The Morgan fingerprint density at radius 3 is 2.93 bits per heavy atom. The summed E-state index contributed by atoms with van der Waals surface area (Å²) in [5, 5.41) is 13.1. The highest BCUT2D eigenvalue weighted by Gasteiger charge is 2.34. The fraction of sp³-hybridized carbons (Fsp3) is 0.636. The van der Waals surface area contributed by atoms with Crippen LogP contribution >= 0.6 is 0 Å². The van der Waals surface area contributed by atoms with Crippen LogP contribution in [0.15, 0.2) is 22.8 Å². The normalized spacial score (nSPS) is 21.6. The first-order valence-electron chi connectivity index (χ1n) is 5.19. The number of rotatable bonds is 4. The summed E-state index contributed by atoms with van der Waals surface area (Å²) < 4.78 is 5.27. The Hall–Kier alpha value is -0.800. The van der Waals surface area contributed by atoms with Crippen LogP contribution in [0, 0.1) is 0 Å². The molecular weight excluding hydrogens is 178 g/mol. The zero-order valence-corrected chi connectivity index (χ0v) is 8.49. The van der Waals surface area contributed by atoms with E-state index >= 15 is 0 Å². The maximum Gasteiger partial charge on any atom is 0.120 e. The average molecular weight is 195 g/mol. The summed E-state index contributed by atoms with van der Waals surface area (Å²) in [6, 6.07) is 4.00. The smallest absolute Gasteiger partial charge is 0.120 e. The Labute approximate surface area is 84.1 Å². The lowest BCUT2D eigenvalue weighted by Crippen LogP contribution is -2.46. The van der Waals surface area contributed by atoms with Gasteiger partial charge in [0.1, 0.15) is 5.76 Å². The van der Waals surface area contributed by atoms with Gasteiger partial charge in [0.25, 0.3) is 0 Å². The van der Waals surface area contributed by atoms with E-state index in [1.54, 1.807) is 6.26 Å². The predicted octanol–water partition coefficient (Wildman–Crippen LogP) is 1.85. The maximum absolute atomic E-state index is 9.86. The average Bonchev–Trinajstić information content (AvgIpc) is 2.63. The Morgan fingerprint density at radius 2 is 2.43 bits per heavy atom. The second-order valence-corrected chi connectivity index (χ2v) is 4.20. The molecule has 0 aromatic carbocycles. The predicted molar refractivity (Wildman–Crippen MR) is 53.9 cm³/mol. The van der Waals surface area contributed by atoms with Gasteiger partial charge in [-0.25, -0.2) is 0 Å². The van der Waals surface area contributed by atoms with Gasteiger partial charge in [-0.1, -0.05) is 0 Å². The van der Waals surface area contributed by atoms with Crippen LogP contribution in [-0.2, 0) is 0 Å². The standard InChI is InChI=1S/C11H17NO2/c1-9(10-4-2-7-14-10)12-8-11(13)5-3-6-11/h2,4,7,9,12-13H,3,5-6,8H2,1H3. The third kappa shape index (κ3) is 1.99. The molecule has 1 aromatic heterocycles. The second-order valence-electron chi connectivity index (χ2n) is 4.20. The number of nitrogens with one attached hydrogen (secondary N) is 1. The van der Waals surface area contributed by atoms with Crippen molar-refractivity contribution < 1.29 is 9.52 Å². The van der Waals surface area contributed by atoms with Gasteiger partial charge in [-0.15, -0.1) is 0 Å². The Bertz CT molecular complexity index is 277. The third-order valence-corrected chi connectivity index (χ3v) is 2.99. The number of hydrogen-bond acceptors (Lipinski definition) is 3. The van der Waals surface area contributed by atoms with Crippen LogP contribution < -0.4 is 5.32 Å². The topological polar surface area (TPSA) is 45.4 Å². The quantitative estimate of drug-likeness (QED) is 0.770. The number of aliphatic hydroxyl groups is 1. The molecular formula is C11H17NO2. The van der Waals surface area contributed by atoms with E-state index in [-0.39, 0.29) is 6.04 Å². The van der Waals surface area contributed by atoms with E-state index in [1.165, 1.54) is 0 Å². The van der Waals surface area contributed by atoms with Gasteiger partial charge in [0.2, 0.25) is 0 Å². The van der Waals surface area contributed by atoms with Crippen molar-refractivity contribution in [1.82, 2.24) is 5.32 Å². The van der Waals surface area contributed by atoms with Crippen LogP contribution in [0.1, 0.15) is 38.0 Å². The van der Waals surface area contributed by atoms with Crippen molar-refractivity contribution in [1.29, 1.82) is 0 Å². The molecule has 78 valence electrons. The van der Waals surface area contributed by atoms with Gasteiger partial charge in [-0.2, -0.15) is 0 Å². The van der Waals surface area contributed by atoms with Crippen LogP contribution in [0.25, 0.3) is 0 Å². The highest BCUT2D eigenvalue weighted by atomic mass is 16.3. The van der Waals surface area contributed by atoms with E-state index in [4.69, 9.17) is 4.42 Å². The minimum Gasteiger partial charge on any atom is -0.468 e. The first kappa shape index (κ1) is 9.74. The van der Waals surface area contributed by atoms with Crippen molar-refractivity contribution in [3.05, 3.63) is 24.2 Å². The lowest BCUT2D eigenvalue weighted by Gasteiger charge is -2.37. The first-order valence-corrected chi connectivity index (χ1v) is 5.19. The zero-order chi connectivity index (χ0) is 10.0. The highest BCUT2D eigenvalue weighted by Crippen LogP contribution is 2.31. The van der Waals surface area contributed by atoms with Crippen molar-refractivity contribution in [3.63, 3.8) is 0 Å². The lowest BCUT2D eigenvalue weighted by molar-refractivity contribution is -0.0332. The molecule has 2 N–H and O–H groups in total. The molecule has 0 spiro atoms. The van der Waals surface area contributed by atoms with E-state index < -0.39 is 5.60 Å². The first-order chi connectivity index (χ1) is 6.70. The van der Waals surface area contributed by atoms with Gasteiger partial charge in [0.15, 0.2) is 0 Å². The monoisotopic (exact) mass is 195 g/mol. The summed E-state index contributed by atoms with van der Waals surface area (Å²) in [7, 11) is 0. The van der Waals surface area contributed by atoms with E-state index in [1.807, 2.05) is 19.1 Å². The Morgan fingerprint density at radius 1 is 1.64 bits per heavy atom. The molecule has 1 aliphatic carbocycles. The van der Waals surface area contributed by atoms with Crippen molar-refractivity contribution >= 4 is 0 Å². The van der Waals surface area contributed by atoms with Crippen LogP contribution in [-0.4, -0.2) is 17.3 Å². The molecule has 3 nitrogen and oxygen atoms in total. The SMILES string of the molecule is CC(NCC1(O)CCC1)c1ccco1. The fourth-order valence-electron chi connectivity index (χ4n) is 1.74. The fourth-order valence-corrected chi connectivity index (χ4v) is 1.74. The van der Waals surface area contributed by atoms with Crippen LogP contribution in [0.3, 0.4) is 0 Å². The summed E-state index contributed by atoms with van der Waals surface area (Å²) >= 11 is 0. The van der Waals surface area contributed by atoms with Gasteiger partial charge in [0, 0.05) is 6.54 Å². The molecule has 2 rings (SSSR count). The molecule has 1 atom stereocenters. The van der Waals surface area contributed by atoms with E-state index in [0.717, 1.165) is 25.0 Å². The molecule has 14 heavy (non-hydrogen) atoms. The van der Waals surface area contributed by atoms with E-state index in [2.05, 4.69) is 5.32 Å². The van der Waals surface area contributed by atoms with Crippen LogP contribution in [0.4, 0.5) is 0 Å². The molecule has 0 saturated heterocycles. The van der Waals surface area contributed by atoms with Crippen molar-refractivity contribution in [2.75, 3.05) is 6.54 Å². The summed E-state index contributed by atoms with van der Waals surface area (Å²) in [5.74, 6) is 0.924. The molecule has 0 aliphatic heterocycles. The van der Waals surface area contributed by atoms with Gasteiger partial charge in [0.05, 0.1) is 17.9 Å². The van der Waals surface area contributed by atoms with E-state index in [0.29, 0.717) is 6.54 Å². The molecule has 0 bridgehead atoms. The third-order valence-electron chi connectivity index (χ3n) is 2.99. The summed E-state index contributed by atoms with van der Waals surface area (Å²) in [4.78, 5) is 0. The molecule has 1 unspecified atom stereocenters. The number of hydrogen-bond donors (Lipinski definition) is 2. The molecule has 1 fully saturated rings. The zero-order valence-electron chi connectivity index (χ0n) is 8.49. The molecule has 1 saturated carbocycles. The number of furan rings is 1. The van der Waals surface area contributed by atoms with Gasteiger partial charge < -0.3 is 14.8 Å². The molecule has 0 radical (unpaired) electrons. The van der Waals surface area contributed by atoms with Crippen LogP contribution in [0.2, 0.25) is 0 Å². The maximum atomic E-state index is 9.86. The summed E-state index contributed by atoms with van der Waals surface area (Å²) in [6.07, 6.45) is 4.66. The molecule has 0 amide bonds. The van der Waals surface area contributed by atoms with Crippen molar-refractivity contribution in [2.24, 2.45) is 0 Å². The largest absolute Gasteiger partial charge is 0.468 e. The van der Waals surface area contributed by atoms with Crippen LogP contribution in [0.5, 0.6) is 0 Å².